The second kappa shape index (κ2) is 4.79. The van der Waals surface area contributed by atoms with Gasteiger partial charge in [-0.1, -0.05) is 24.3 Å². The Morgan fingerprint density at radius 3 is 2.33 bits per heavy atom. The molecular weight excluding hydrogens is 235 g/mol. The van der Waals surface area contributed by atoms with Crippen LogP contribution >= 0.6 is 0 Å². The maximum absolute atomic E-state index is 13.9. The van der Waals surface area contributed by atoms with Crippen molar-refractivity contribution in [2.24, 2.45) is 0 Å². The Bertz CT molecular complexity index is 603. The minimum absolute atomic E-state index is 0.0187. The average molecular weight is 244 g/mol. The van der Waals surface area contributed by atoms with Gasteiger partial charge in [0, 0.05) is 5.56 Å². The van der Waals surface area contributed by atoms with Crippen LogP contribution in [0.4, 0.5) is 4.39 Å². The molecule has 0 atom stereocenters. The molecule has 4 heteroatoms. The summed E-state index contributed by atoms with van der Waals surface area (Å²) in [7, 11) is 0. The molecule has 0 aliphatic carbocycles. The molecule has 2 rings (SSSR count). The fraction of sp³-hybridized carbons (Fsp3) is 0. The summed E-state index contributed by atoms with van der Waals surface area (Å²) >= 11 is 0. The zero-order valence-electron chi connectivity index (χ0n) is 9.26. The maximum Gasteiger partial charge on any atom is 0.335 e. The number of carboxylic acids is 1. The Kier molecular flexibility index (Phi) is 3.19. The zero-order valence-corrected chi connectivity index (χ0v) is 9.26. The summed E-state index contributed by atoms with van der Waals surface area (Å²) in [6.45, 7) is 0. The number of carbonyl (C=O) groups is 2. The second-order valence-corrected chi connectivity index (χ2v) is 3.71. The number of benzene rings is 2. The molecule has 18 heavy (non-hydrogen) atoms. The Morgan fingerprint density at radius 1 is 1.11 bits per heavy atom. The fourth-order valence-electron chi connectivity index (χ4n) is 1.66. The Balaban J connectivity index is 2.49. The largest absolute Gasteiger partial charge is 0.478 e. The molecule has 0 radical (unpaired) electrons. The molecule has 0 saturated heterocycles. The summed E-state index contributed by atoms with van der Waals surface area (Å²) in [6.07, 6.45) is 0.449. The lowest BCUT2D eigenvalue weighted by atomic mass is 10.0. The fourth-order valence-corrected chi connectivity index (χ4v) is 1.66. The van der Waals surface area contributed by atoms with E-state index in [1.807, 2.05) is 0 Å². The summed E-state index contributed by atoms with van der Waals surface area (Å²) in [5, 5.41) is 8.76. The topological polar surface area (TPSA) is 54.4 Å². The van der Waals surface area contributed by atoms with E-state index in [9.17, 15) is 14.0 Å². The van der Waals surface area contributed by atoms with Gasteiger partial charge in [0.2, 0.25) is 0 Å². The number of hydrogen-bond donors (Lipinski definition) is 1. The number of hydrogen-bond acceptors (Lipinski definition) is 2. The molecule has 0 spiro atoms. The minimum Gasteiger partial charge on any atom is -0.478 e. The highest BCUT2D eigenvalue weighted by atomic mass is 19.1. The van der Waals surface area contributed by atoms with Crippen LogP contribution in [0.1, 0.15) is 20.7 Å². The first kappa shape index (κ1) is 12.0. The summed E-state index contributed by atoms with van der Waals surface area (Å²) in [6, 6.07) is 10.3. The number of rotatable bonds is 3. The predicted molar refractivity (Wildman–Crippen MR) is 64.2 cm³/mol. The van der Waals surface area contributed by atoms with Crippen LogP contribution in [0.15, 0.2) is 42.5 Å². The quantitative estimate of drug-likeness (QED) is 0.844. The third kappa shape index (κ3) is 2.13. The minimum atomic E-state index is -1.04. The van der Waals surface area contributed by atoms with Gasteiger partial charge in [-0.05, 0) is 23.8 Å². The van der Waals surface area contributed by atoms with Crippen molar-refractivity contribution >= 4 is 12.3 Å². The molecule has 0 heterocycles. The molecule has 0 unspecified atom stereocenters. The van der Waals surface area contributed by atoms with Gasteiger partial charge in [0.1, 0.15) is 5.82 Å². The van der Waals surface area contributed by atoms with Crippen LogP contribution < -0.4 is 0 Å². The molecule has 1 N–H and O–H groups in total. The SMILES string of the molecule is O=Cc1cccc(-c2ccc(C(=O)O)cc2)c1F. The zero-order chi connectivity index (χ0) is 13.1. The molecule has 3 nitrogen and oxygen atoms in total. The number of aldehydes is 1. The molecule has 0 aliphatic heterocycles. The van der Waals surface area contributed by atoms with E-state index >= 15 is 0 Å². The van der Waals surface area contributed by atoms with Crippen molar-refractivity contribution in [3.63, 3.8) is 0 Å². The van der Waals surface area contributed by atoms with E-state index in [-0.39, 0.29) is 16.7 Å². The summed E-state index contributed by atoms with van der Waals surface area (Å²) in [5.74, 6) is -1.64. The molecule has 0 aromatic heterocycles. The highest BCUT2D eigenvalue weighted by Gasteiger charge is 2.10. The van der Waals surface area contributed by atoms with Crippen molar-refractivity contribution in [1.82, 2.24) is 0 Å². The standard InChI is InChI=1S/C14H9FO3/c15-13-11(8-16)2-1-3-12(13)9-4-6-10(7-5-9)14(17)18/h1-8H,(H,17,18). The van der Waals surface area contributed by atoms with Gasteiger partial charge in [0.25, 0.3) is 0 Å². The van der Waals surface area contributed by atoms with E-state index in [0.29, 0.717) is 11.8 Å². The molecule has 0 saturated carbocycles. The smallest absolute Gasteiger partial charge is 0.335 e. The van der Waals surface area contributed by atoms with Crippen LogP contribution in [0.5, 0.6) is 0 Å². The molecule has 0 amide bonds. The van der Waals surface area contributed by atoms with Gasteiger partial charge in [-0.15, -0.1) is 0 Å². The second-order valence-electron chi connectivity index (χ2n) is 3.71. The van der Waals surface area contributed by atoms with Crippen LogP contribution in [0.2, 0.25) is 0 Å². The summed E-state index contributed by atoms with van der Waals surface area (Å²) in [4.78, 5) is 21.3. The van der Waals surface area contributed by atoms with Gasteiger partial charge in [-0.25, -0.2) is 9.18 Å². The van der Waals surface area contributed by atoms with Crippen LogP contribution in [0.25, 0.3) is 11.1 Å². The highest BCUT2D eigenvalue weighted by Crippen LogP contribution is 2.24. The molecule has 2 aromatic rings. The molecule has 90 valence electrons. The predicted octanol–water partition coefficient (Wildman–Crippen LogP) is 3.00. The maximum atomic E-state index is 13.9. The van der Waals surface area contributed by atoms with Gasteiger partial charge < -0.3 is 5.11 Å². The van der Waals surface area contributed by atoms with Gasteiger partial charge >= 0.3 is 5.97 Å². The Morgan fingerprint density at radius 2 is 1.78 bits per heavy atom. The lowest BCUT2D eigenvalue weighted by Gasteiger charge is -2.05. The number of halogens is 1. The molecule has 0 fully saturated rings. The average Bonchev–Trinajstić information content (AvgIpc) is 2.39. The van der Waals surface area contributed by atoms with Gasteiger partial charge in [0.05, 0.1) is 11.1 Å². The molecule has 2 aromatic carbocycles. The van der Waals surface area contributed by atoms with E-state index in [1.54, 1.807) is 6.07 Å². The third-order valence-electron chi connectivity index (χ3n) is 2.60. The van der Waals surface area contributed by atoms with Crippen LogP contribution in [0.3, 0.4) is 0 Å². The third-order valence-corrected chi connectivity index (χ3v) is 2.60. The van der Waals surface area contributed by atoms with Crippen molar-refractivity contribution in [3.8, 4) is 11.1 Å². The first-order valence-corrected chi connectivity index (χ1v) is 5.21. The van der Waals surface area contributed by atoms with Gasteiger partial charge in [0.15, 0.2) is 6.29 Å². The van der Waals surface area contributed by atoms with Crippen molar-refractivity contribution in [1.29, 1.82) is 0 Å². The van der Waals surface area contributed by atoms with Crippen molar-refractivity contribution in [2.45, 2.75) is 0 Å². The first-order valence-electron chi connectivity index (χ1n) is 5.21. The summed E-state index contributed by atoms with van der Waals surface area (Å²) in [5.41, 5.74) is 0.915. The van der Waals surface area contributed by atoms with Crippen molar-refractivity contribution in [3.05, 3.63) is 59.4 Å². The summed E-state index contributed by atoms with van der Waals surface area (Å²) < 4.78 is 13.9. The highest BCUT2D eigenvalue weighted by molar-refractivity contribution is 5.88. The van der Waals surface area contributed by atoms with E-state index in [0.717, 1.165) is 0 Å². The normalized spacial score (nSPS) is 10.1. The van der Waals surface area contributed by atoms with Gasteiger partial charge in [-0.3, -0.25) is 4.79 Å². The van der Waals surface area contributed by atoms with E-state index < -0.39 is 11.8 Å². The van der Waals surface area contributed by atoms with Gasteiger partial charge in [-0.2, -0.15) is 0 Å². The van der Waals surface area contributed by atoms with E-state index in [4.69, 9.17) is 5.11 Å². The van der Waals surface area contributed by atoms with Crippen LogP contribution in [-0.2, 0) is 0 Å². The van der Waals surface area contributed by atoms with Crippen molar-refractivity contribution in [2.75, 3.05) is 0 Å². The molecule has 0 bridgehead atoms. The Hall–Kier alpha value is -2.49. The molecule has 0 aliphatic rings. The van der Waals surface area contributed by atoms with E-state index in [1.165, 1.54) is 36.4 Å². The lowest BCUT2D eigenvalue weighted by molar-refractivity contribution is 0.0696. The molecular formula is C14H9FO3. The number of aromatic carboxylic acids is 1. The van der Waals surface area contributed by atoms with E-state index in [2.05, 4.69) is 0 Å². The number of carboxylic acid groups (broad SMARTS) is 1. The van der Waals surface area contributed by atoms with Crippen LogP contribution in [-0.4, -0.2) is 17.4 Å². The lowest BCUT2D eigenvalue weighted by Crippen LogP contribution is -1.96. The monoisotopic (exact) mass is 244 g/mol. The van der Waals surface area contributed by atoms with Crippen molar-refractivity contribution < 1.29 is 19.1 Å². The van der Waals surface area contributed by atoms with Crippen LogP contribution in [0, 0.1) is 5.82 Å². The number of carbonyl (C=O) groups excluding carboxylic acids is 1. The Labute approximate surface area is 103 Å². The first-order chi connectivity index (χ1) is 8.63.